The van der Waals surface area contributed by atoms with Crippen molar-refractivity contribution in [2.24, 2.45) is 11.5 Å². The molecule has 6 nitrogen and oxygen atoms in total. The lowest BCUT2D eigenvalue weighted by Gasteiger charge is -2.09. The van der Waals surface area contributed by atoms with Gasteiger partial charge in [0.1, 0.15) is 6.04 Å². The van der Waals surface area contributed by atoms with Crippen molar-refractivity contribution >= 4 is 5.97 Å². The van der Waals surface area contributed by atoms with Gasteiger partial charge in [-0.05, 0) is 19.4 Å². The second-order valence-electron chi connectivity index (χ2n) is 3.53. The molecule has 0 aromatic rings. The third-order valence-electron chi connectivity index (χ3n) is 2.09. The number of rotatable bonds is 9. The van der Waals surface area contributed by atoms with Crippen molar-refractivity contribution in [3.8, 4) is 0 Å². The monoisotopic (exact) mass is 219 g/mol. The molecule has 0 heterocycles. The molecule has 0 spiro atoms. The predicted molar refractivity (Wildman–Crippen MR) is 57.4 cm³/mol. The molecule has 0 aromatic heterocycles. The molecular formula is C9H21N3O3. The first-order valence-electron chi connectivity index (χ1n) is 5.15. The molecule has 0 aromatic carbocycles. The van der Waals surface area contributed by atoms with Gasteiger partial charge < -0.3 is 27.0 Å². The number of nitrogens with one attached hydrogen (secondary N) is 1. The molecule has 0 aliphatic carbocycles. The van der Waals surface area contributed by atoms with Gasteiger partial charge >= 0.3 is 5.97 Å². The SMILES string of the molecule is NC[C@H](O)CNCCCC[C@H](N)C(=O)O. The fourth-order valence-corrected chi connectivity index (χ4v) is 1.09. The quantitative estimate of drug-likeness (QED) is 0.300. The molecule has 0 aliphatic rings. The minimum absolute atomic E-state index is 0.247. The number of aliphatic hydroxyl groups excluding tert-OH is 1. The Bertz CT molecular complexity index is 178. The average Bonchev–Trinajstić information content (AvgIpc) is 2.22. The number of nitrogens with two attached hydrogens (primary N) is 2. The van der Waals surface area contributed by atoms with Gasteiger partial charge in [0.15, 0.2) is 0 Å². The summed E-state index contributed by atoms with van der Waals surface area (Å²) in [5.41, 5.74) is 10.5. The molecule has 2 atom stereocenters. The van der Waals surface area contributed by atoms with Gasteiger partial charge in [-0.3, -0.25) is 4.79 Å². The van der Waals surface area contributed by atoms with Gasteiger partial charge in [-0.25, -0.2) is 0 Å². The molecule has 0 bridgehead atoms. The van der Waals surface area contributed by atoms with E-state index in [9.17, 15) is 4.79 Å². The molecule has 0 fully saturated rings. The fraction of sp³-hybridized carbons (Fsp3) is 0.889. The van der Waals surface area contributed by atoms with Crippen LogP contribution in [0.5, 0.6) is 0 Å². The Balaban J connectivity index is 3.21. The number of hydrogen-bond acceptors (Lipinski definition) is 5. The average molecular weight is 219 g/mol. The Morgan fingerprint density at radius 3 is 2.60 bits per heavy atom. The van der Waals surface area contributed by atoms with Crippen LogP contribution in [0.4, 0.5) is 0 Å². The second-order valence-corrected chi connectivity index (χ2v) is 3.53. The molecule has 90 valence electrons. The van der Waals surface area contributed by atoms with Gasteiger partial charge in [0, 0.05) is 13.1 Å². The van der Waals surface area contributed by atoms with Crippen LogP contribution in [0.1, 0.15) is 19.3 Å². The van der Waals surface area contributed by atoms with E-state index in [0.29, 0.717) is 13.0 Å². The van der Waals surface area contributed by atoms with Crippen LogP contribution >= 0.6 is 0 Å². The van der Waals surface area contributed by atoms with Crippen LogP contribution in [0, 0.1) is 0 Å². The summed E-state index contributed by atoms with van der Waals surface area (Å²) >= 11 is 0. The van der Waals surface area contributed by atoms with Gasteiger partial charge in [0.2, 0.25) is 0 Å². The van der Waals surface area contributed by atoms with Crippen molar-refractivity contribution in [3.05, 3.63) is 0 Å². The normalized spacial score (nSPS) is 14.9. The molecule has 15 heavy (non-hydrogen) atoms. The smallest absolute Gasteiger partial charge is 0.320 e. The van der Waals surface area contributed by atoms with E-state index in [1.165, 1.54) is 0 Å². The molecule has 0 radical (unpaired) electrons. The highest BCUT2D eigenvalue weighted by Crippen LogP contribution is 1.98. The van der Waals surface area contributed by atoms with E-state index < -0.39 is 18.1 Å². The first kappa shape index (κ1) is 14.3. The number of carbonyl (C=O) groups is 1. The van der Waals surface area contributed by atoms with E-state index in [0.717, 1.165) is 19.4 Å². The van der Waals surface area contributed by atoms with Crippen molar-refractivity contribution in [1.82, 2.24) is 5.32 Å². The van der Waals surface area contributed by atoms with E-state index in [1.807, 2.05) is 0 Å². The van der Waals surface area contributed by atoms with E-state index in [2.05, 4.69) is 5.32 Å². The van der Waals surface area contributed by atoms with Crippen molar-refractivity contribution in [1.29, 1.82) is 0 Å². The summed E-state index contributed by atoms with van der Waals surface area (Å²) < 4.78 is 0. The molecule has 0 amide bonds. The highest BCUT2D eigenvalue weighted by Gasteiger charge is 2.09. The van der Waals surface area contributed by atoms with Crippen LogP contribution in [0.2, 0.25) is 0 Å². The third kappa shape index (κ3) is 8.31. The zero-order valence-electron chi connectivity index (χ0n) is 8.85. The standard InChI is InChI=1S/C9H21N3O3/c10-5-7(13)6-12-4-2-1-3-8(11)9(14)15/h7-8,12-13H,1-6,10-11H2,(H,14,15)/t7-,8-/m0/s1. The number of hydrogen-bond donors (Lipinski definition) is 5. The zero-order valence-corrected chi connectivity index (χ0v) is 8.85. The molecule has 6 heteroatoms. The van der Waals surface area contributed by atoms with Gasteiger partial charge in [0.05, 0.1) is 6.10 Å². The highest BCUT2D eigenvalue weighted by atomic mass is 16.4. The molecule has 0 saturated carbocycles. The molecule has 0 aliphatic heterocycles. The number of carboxylic acid groups (broad SMARTS) is 1. The van der Waals surface area contributed by atoms with Crippen LogP contribution < -0.4 is 16.8 Å². The zero-order chi connectivity index (χ0) is 11.7. The van der Waals surface area contributed by atoms with Gasteiger partial charge in [-0.1, -0.05) is 6.42 Å². The van der Waals surface area contributed by atoms with Gasteiger partial charge in [0.25, 0.3) is 0 Å². The summed E-state index contributed by atoms with van der Waals surface area (Å²) in [4.78, 5) is 10.4. The van der Waals surface area contributed by atoms with Crippen LogP contribution in [-0.2, 0) is 4.79 Å². The van der Waals surface area contributed by atoms with Gasteiger partial charge in [-0.2, -0.15) is 0 Å². The fourth-order valence-electron chi connectivity index (χ4n) is 1.09. The molecular weight excluding hydrogens is 198 g/mol. The van der Waals surface area contributed by atoms with Gasteiger partial charge in [-0.15, -0.1) is 0 Å². The maximum atomic E-state index is 10.4. The summed E-state index contributed by atoms with van der Waals surface area (Å²) in [7, 11) is 0. The first-order chi connectivity index (χ1) is 7.07. The van der Waals surface area contributed by atoms with Crippen molar-refractivity contribution in [3.63, 3.8) is 0 Å². The summed E-state index contributed by atoms with van der Waals surface area (Å²) in [5, 5.41) is 20.6. The minimum Gasteiger partial charge on any atom is -0.480 e. The van der Waals surface area contributed by atoms with E-state index in [1.54, 1.807) is 0 Å². The Morgan fingerprint density at radius 1 is 1.40 bits per heavy atom. The number of aliphatic hydroxyl groups is 1. The minimum atomic E-state index is -0.957. The Morgan fingerprint density at radius 2 is 2.07 bits per heavy atom. The lowest BCUT2D eigenvalue weighted by atomic mass is 10.1. The van der Waals surface area contributed by atoms with Crippen LogP contribution in [0.15, 0.2) is 0 Å². The summed E-state index contributed by atoms with van der Waals surface area (Å²) in [6.45, 7) is 1.46. The van der Waals surface area contributed by atoms with E-state index in [4.69, 9.17) is 21.7 Å². The Labute approximate surface area is 89.6 Å². The molecule has 0 unspecified atom stereocenters. The van der Waals surface area contributed by atoms with Crippen molar-refractivity contribution in [2.45, 2.75) is 31.4 Å². The van der Waals surface area contributed by atoms with Crippen molar-refractivity contribution < 1.29 is 15.0 Å². The predicted octanol–water partition coefficient (Wildman–Crippen LogP) is -1.52. The van der Waals surface area contributed by atoms with E-state index >= 15 is 0 Å². The van der Waals surface area contributed by atoms with Crippen LogP contribution in [0.3, 0.4) is 0 Å². The maximum absolute atomic E-state index is 10.4. The summed E-state index contributed by atoms with van der Waals surface area (Å²) in [6.07, 6.45) is 1.58. The Kier molecular flexibility index (Phi) is 8.21. The largest absolute Gasteiger partial charge is 0.480 e. The number of unbranched alkanes of at least 4 members (excludes halogenated alkanes) is 1. The van der Waals surface area contributed by atoms with Crippen LogP contribution in [-0.4, -0.2) is 48.0 Å². The first-order valence-corrected chi connectivity index (χ1v) is 5.15. The molecule has 7 N–H and O–H groups in total. The molecule has 0 rings (SSSR count). The highest BCUT2D eigenvalue weighted by molar-refractivity contribution is 5.72. The third-order valence-corrected chi connectivity index (χ3v) is 2.09. The lowest BCUT2D eigenvalue weighted by Crippen LogP contribution is -2.33. The van der Waals surface area contributed by atoms with Crippen molar-refractivity contribution in [2.75, 3.05) is 19.6 Å². The number of aliphatic carboxylic acids is 1. The summed E-state index contributed by atoms with van der Waals surface area (Å²) in [5.74, 6) is -0.957. The Hall–Kier alpha value is -0.690. The maximum Gasteiger partial charge on any atom is 0.320 e. The summed E-state index contributed by atoms with van der Waals surface area (Å²) in [6, 6.07) is -0.764. The number of carboxylic acids is 1. The lowest BCUT2D eigenvalue weighted by molar-refractivity contribution is -0.138. The van der Waals surface area contributed by atoms with E-state index in [-0.39, 0.29) is 6.54 Å². The second kappa shape index (κ2) is 8.60. The van der Waals surface area contributed by atoms with Crippen LogP contribution in [0.25, 0.3) is 0 Å². The topological polar surface area (TPSA) is 122 Å². The molecule has 0 saturated heterocycles.